The summed E-state index contributed by atoms with van der Waals surface area (Å²) >= 11 is 0. The Bertz CT molecular complexity index is 406. The first-order valence-corrected chi connectivity index (χ1v) is 6.14. The molecule has 0 aliphatic carbocycles. The molecule has 0 saturated carbocycles. The van der Waals surface area contributed by atoms with Gasteiger partial charge in [-0.25, -0.2) is 0 Å². The van der Waals surface area contributed by atoms with Crippen molar-refractivity contribution < 1.29 is 9.21 Å². The molecule has 1 saturated heterocycles. The molecule has 4 heteroatoms. The Labute approximate surface area is 102 Å². The molecule has 1 aliphatic heterocycles. The molecule has 94 valence electrons. The van der Waals surface area contributed by atoms with Gasteiger partial charge in [0.25, 0.3) is 5.91 Å². The minimum absolute atomic E-state index is 0.0630. The van der Waals surface area contributed by atoms with Crippen LogP contribution in [0.1, 0.15) is 34.7 Å². The van der Waals surface area contributed by atoms with E-state index >= 15 is 0 Å². The van der Waals surface area contributed by atoms with Gasteiger partial charge in [-0.05, 0) is 39.3 Å². The average molecular weight is 236 g/mol. The molecule has 1 aliphatic rings. The monoisotopic (exact) mass is 236 g/mol. The number of furan rings is 1. The highest BCUT2D eigenvalue weighted by atomic mass is 16.3. The Morgan fingerprint density at radius 2 is 2.29 bits per heavy atom. The number of nitrogens with zero attached hydrogens (tertiary/aromatic N) is 1. The van der Waals surface area contributed by atoms with E-state index in [-0.39, 0.29) is 5.91 Å². The summed E-state index contributed by atoms with van der Waals surface area (Å²) in [6.07, 6.45) is 2.21. The third-order valence-corrected chi connectivity index (χ3v) is 3.41. The lowest BCUT2D eigenvalue weighted by atomic mass is 10.1. The van der Waals surface area contributed by atoms with Crippen molar-refractivity contribution in [1.82, 2.24) is 10.2 Å². The molecule has 1 aromatic heterocycles. The molecule has 0 aromatic carbocycles. The second-order valence-corrected chi connectivity index (χ2v) is 4.74. The van der Waals surface area contributed by atoms with E-state index in [1.54, 1.807) is 0 Å². The van der Waals surface area contributed by atoms with Gasteiger partial charge >= 0.3 is 0 Å². The molecule has 17 heavy (non-hydrogen) atoms. The summed E-state index contributed by atoms with van der Waals surface area (Å²) in [6.45, 7) is 5.65. The first kappa shape index (κ1) is 12.2. The van der Waals surface area contributed by atoms with Crippen molar-refractivity contribution in [2.24, 2.45) is 0 Å². The fourth-order valence-electron chi connectivity index (χ4n) is 2.36. The first-order chi connectivity index (χ1) is 8.09. The summed E-state index contributed by atoms with van der Waals surface area (Å²) < 4.78 is 5.41. The smallest absolute Gasteiger partial charge is 0.257 e. The lowest BCUT2D eigenvalue weighted by Crippen LogP contribution is -2.46. The molecule has 4 nitrogen and oxygen atoms in total. The topological polar surface area (TPSA) is 45.5 Å². The van der Waals surface area contributed by atoms with Gasteiger partial charge in [0.2, 0.25) is 0 Å². The number of aryl methyl sites for hydroxylation is 2. The minimum atomic E-state index is 0.0630. The Hall–Kier alpha value is -1.29. The zero-order valence-electron chi connectivity index (χ0n) is 10.7. The molecule has 1 atom stereocenters. The van der Waals surface area contributed by atoms with Crippen molar-refractivity contribution in [3.05, 3.63) is 23.2 Å². The zero-order chi connectivity index (χ0) is 12.4. The molecule has 0 bridgehead atoms. The van der Waals surface area contributed by atoms with Crippen LogP contribution in [0.5, 0.6) is 0 Å². The summed E-state index contributed by atoms with van der Waals surface area (Å²) in [5, 5.41) is 3.32. The van der Waals surface area contributed by atoms with Crippen molar-refractivity contribution in [2.75, 3.05) is 20.1 Å². The molecule has 1 amide bonds. The van der Waals surface area contributed by atoms with E-state index < -0.39 is 0 Å². The van der Waals surface area contributed by atoms with Crippen LogP contribution in [0.2, 0.25) is 0 Å². The number of likely N-dealkylation sites (N-methyl/N-ethyl adjacent to an activating group) is 1. The maximum Gasteiger partial charge on any atom is 0.257 e. The second kappa shape index (κ2) is 4.92. The summed E-state index contributed by atoms with van der Waals surface area (Å²) in [5.41, 5.74) is 0.690. The molecule has 1 unspecified atom stereocenters. The van der Waals surface area contributed by atoms with Gasteiger partial charge in [0.1, 0.15) is 11.5 Å². The van der Waals surface area contributed by atoms with Gasteiger partial charge in [-0.15, -0.1) is 0 Å². The van der Waals surface area contributed by atoms with Gasteiger partial charge in [-0.3, -0.25) is 4.79 Å². The van der Waals surface area contributed by atoms with Crippen LogP contribution in [0.3, 0.4) is 0 Å². The Balaban J connectivity index is 2.11. The van der Waals surface area contributed by atoms with E-state index in [0.29, 0.717) is 17.4 Å². The summed E-state index contributed by atoms with van der Waals surface area (Å²) in [7, 11) is 1.88. The molecular formula is C13H20N2O2. The van der Waals surface area contributed by atoms with Crippen LogP contribution in [-0.2, 0) is 0 Å². The number of hydrogen-bond donors (Lipinski definition) is 1. The number of hydrogen-bond acceptors (Lipinski definition) is 3. The van der Waals surface area contributed by atoms with Crippen LogP contribution in [0, 0.1) is 13.8 Å². The third kappa shape index (κ3) is 2.52. The maximum atomic E-state index is 12.3. The van der Waals surface area contributed by atoms with Crippen molar-refractivity contribution in [2.45, 2.75) is 32.7 Å². The van der Waals surface area contributed by atoms with Crippen molar-refractivity contribution >= 4 is 5.91 Å². The van der Waals surface area contributed by atoms with Gasteiger partial charge in [0.05, 0.1) is 5.56 Å². The van der Waals surface area contributed by atoms with Crippen LogP contribution in [0.15, 0.2) is 10.5 Å². The molecule has 0 spiro atoms. The minimum Gasteiger partial charge on any atom is -0.466 e. The zero-order valence-corrected chi connectivity index (χ0v) is 10.7. The van der Waals surface area contributed by atoms with Crippen molar-refractivity contribution in [1.29, 1.82) is 0 Å². The average Bonchev–Trinajstić information content (AvgIpc) is 2.68. The summed E-state index contributed by atoms with van der Waals surface area (Å²) in [5.74, 6) is 1.57. The second-order valence-electron chi connectivity index (χ2n) is 4.74. The van der Waals surface area contributed by atoms with Gasteiger partial charge in [0.15, 0.2) is 0 Å². The van der Waals surface area contributed by atoms with E-state index in [9.17, 15) is 4.79 Å². The van der Waals surface area contributed by atoms with E-state index in [4.69, 9.17) is 4.42 Å². The Kier molecular flexibility index (Phi) is 3.52. The highest BCUT2D eigenvalue weighted by molar-refractivity contribution is 5.95. The number of carbonyl (C=O) groups is 1. The predicted octanol–water partition coefficient (Wildman–Crippen LogP) is 1.72. The van der Waals surface area contributed by atoms with E-state index in [2.05, 4.69) is 5.32 Å². The molecule has 2 heterocycles. The lowest BCUT2D eigenvalue weighted by molar-refractivity contribution is 0.0706. The van der Waals surface area contributed by atoms with Crippen LogP contribution in [0.25, 0.3) is 0 Å². The number of carbonyl (C=O) groups excluding carboxylic acids is 1. The van der Waals surface area contributed by atoms with E-state index in [1.807, 2.05) is 31.9 Å². The highest BCUT2D eigenvalue weighted by Gasteiger charge is 2.25. The third-order valence-electron chi connectivity index (χ3n) is 3.41. The fraction of sp³-hybridized carbons (Fsp3) is 0.615. The van der Waals surface area contributed by atoms with Gasteiger partial charge in [-0.2, -0.15) is 0 Å². The molecule has 1 fully saturated rings. The molecular weight excluding hydrogens is 216 g/mol. The van der Waals surface area contributed by atoms with Gasteiger partial charge < -0.3 is 14.6 Å². The number of rotatable bonds is 2. The molecule has 1 N–H and O–H groups in total. The number of nitrogens with one attached hydrogen (secondary N) is 1. The van der Waals surface area contributed by atoms with Crippen LogP contribution in [0.4, 0.5) is 0 Å². The standard InChI is InChI=1S/C13H20N2O2/c1-9-7-12(10(2)17-9)13(16)15(3)11-5-4-6-14-8-11/h7,11,14H,4-6,8H2,1-3H3. The van der Waals surface area contributed by atoms with Gasteiger partial charge in [0, 0.05) is 19.6 Å². The lowest BCUT2D eigenvalue weighted by Gasteiger charge is -2.31. The predicted molar refractivity (Wildman–Crippen MR) is 66.2 cm³/mol. The molecule has 2 rings (SSSR count). The van der Waals surface area contributed by atoms with E-state index in [0.717, 1.165) is 31.7 Å². The first-order valence-electron chi connectivity index (χ1n) is 6.14. The highest BCUT2D eigenvalue weighted by Crippen LogP contribution is 2.18. The number of amides is 1. The Morgan fingerprint density at radius 3 is 2.82 bits per heavy atom. The number of piperidine rings is 1. The summed E-state index contributed by atoms with van der Waals surface area (Å²) in [4.78, 5) is 14.2. The van der Waals surface area contributed by atoms with Crippen molar-refractivity contribution in [3.63, 3.8) is 0 Å². The van der Waals surface area contributed by atoms with Crippen LogP contribution in [-0.4, -0.2) is 37.0 Å². The largest absolute Gasteiger partial charge is 0.466 e. The molecule has 0 radical (unpaired) electrons. The van der Waals surface area contributed by atoms with Crippen LogP contribution < -0.4 is 5.32 Å². The maximum absolute atomic E-state index is 12.3. The normalized spacial score (nSPS) is 20.3. The summed E-state index contributed by atoms with van der Waals surface area (Å²) in [6, 6.07) is 2.12. The van der Waals surface area contributed by atoms with E-state index in [1.165, 1.54) is 0 Å². The quantitative estimate of drug-likeness (QED) is 0.850. The fourth-order valence-corrected chi connectivity index (χ4v) is 2.36. The van der Waals surface area contributed by atoms with Crippen molar-refractivity contribution in [3.8, 4) is 0 Å². The Morgan fingerprint density at radius 1 is 1.53 bits per heavy atom. The van der Waals surface area contributed by atoms with Crippen LogP contribution >= 0.6 is 0 Å². The van der Waals surface area contributed by atoms with Gasteiger partial charge in [-0.1, -0.05) is 0 Å². The molecule has 1 aromatic rings. The SMILES string of the molecule is Cc1cc(C(=O)N(C)C2CCCNC2)c(C)o1.